The Bertz CT molecular complexity index is 575. The maximum absolute atomic E-state index is 5.71. The molecule has 4 nitrogen and oxygen atoms in total. The Morgan fingerprint density at radius 3 is 2.21 bits per heavy atom. The van der Waals surface area contributed by atoms with Crippen molar-refractivity contribution >= 4 is 0 Å². The van der Waals surface area contributed by atoms with Gasteiger partial charge in [-0.3, -0.25) is 15.8 Å². The SMILES string of the molecule is Cc1cnc(C(NN)c2cc(C)c(C)cc2C)cn1. The first kappa shape index (κ1) is 13.6. The normalized spacial score (nSPS) is 12.5. The zero-order valence-electron chi connectivity index (χ0n) is 11.9. The van der Waals surface area contributed by atoms with E-state index >= 15 is 0 Å². The summed E-state index contributed by atoms with van der Waals surface area (Å²) in [5, 5.41) is 0. The van der Waals surface area contributed by atoms with E-state index in [9.17, 15) is 0 Å². The molecular weight excluding hydrogens is 236 g/mol. The second kappa shape index (κ2) is 5.47. The van der Waals surface area contributed by atoms with Gasteiger partial charge in [-0.05, 0) is 49.9 Å². The fraction of sp³-hybridized carbons (Fsp3) is 0.333. The molecule has 1 unspecified atom stereocenters. The van der Waals surface area contributed by atoms with Gasteiger partial charge in [0.15, 0.2) is 0 Å². The molecule has 2 rings (SSSR count). The van der Waals surface area contributed by atoms with Crippen molar-refractivity contribution in [3.05, 3.63) is 58.2 Å². The Kier molecular flexibility index (Phi) is 3.93. The number of benzene rings is 1. The number of hydrogen-bond acceptors (Lipinski definition) is 4. The van der Waals surface area contributed by atoms with Crippen LogP contribution in [0.1, 0.15) is 39.7 Å². The first-order valence-electron chi connectivity index (χ1n) is 6.35. The van der Waals surface area contributed by atoms with Crippen LogP contribution in [0.5, 0.6) is 0 Å². The van der Waals surface area contributed by atoms with Crippen LogP contribution in [0.2, 0.25) is 0 Å². The predicted octanol–water partition coefficient (Wildman–Crippen LogP) is 2.26. The average molecular weight is 256 g/mol. The maximum atomic E-state index is 5.71. The van der Waals surface area contributed by atoms with E-state index in [-0.39, 0.29) is 6.04 Å². The van der Waals surface area contributed by atoms with Crippen LogP contribution in [-0.2, 0) is 0 Å². The molecule has 0 aliphatic heterocycles. The molecule has 0 amide bonds. The summed E-state index contributed by atoms with van der Waals surface area (Å²) in [7, 11) is 0. The molecule has 1 aromatic carbocycles. The molecule has 2 aromatic rings. The van der Waals surface area contributed by atoms with Crippen LogP contribution >= 0.6 is 0 Å². The molecule has 0 saturated carbocycles. The average Bonchev–Trinajstić information content (AvgIpc) is 2.38. The van der Waals surface area contributed by atoms with Crippen molar-refractivity contribution in [2.45, 2.75) is 33.7 Å². The van der Waals surface area contributed by atoms with Gasteiger partial charge in [-0.1, -0.05) is 12.1 Å². The van der Waals surface area contributed by atoms with E-state index in [4.69, 9.17) is 5.84 Å². The van der Waals surface area contributed by atoms with Crippen LogP contribution in [0.4, 0.5) is 0 Å². The van der Waals surface area contributed by atoms with Crippen LogP contribution in [0.25, 0.3) is 0 Å². The van der Waals surface area contributed by atoms with Crippen LogP contribution in [0.3, 0.4) is 0 Å². The van der Waals surface area contributed by atoms with Gasteiger partial charge >= 0.3 is 0 Å². The van der Waals surface area contributed by atoms with Gasteiger partial charge in [-0.15, -0.1) is 0 Å². The minimum atomic E-state index is -0.132. The van der Waals surface area contributed by atoms with Crippen LogP contribution < -0.4 is 11.3 Å². The van der Waals surface area contributed by atoms with Gasteiger partial charge in [0.1, 0.15) is 0 Å². The molecule has 0 spiro atoms. The molecule has 0 radical (unpaired) electrons. The van der Waals surface area contributed by atoms with Gasteiger partial charge in [0, 0.05) is 6.20 Å². The maximum Gasteiger partial charge on any atom is 0.0899 e. The Morgan fingerprint density at radius 2 is 1.63 bits per heavy atom. The quantitative estimate of drug-likeness (QED) is 0.653. The molecule has 4 heteroatoms. The molecule has 1 heterocycles. The lowest BCUT2D eigenvalue weighted by molar-refractivity contribution is 0.613. The molecule has 0 bridgehead atoms. The van der Waals surface area contributed by atoms with Crippen molar-refractivity contribution in [2.24, 2.45) is 5.84 Å². The largest absolute Gasteiger partial charge is 0.271 e. The summed E-state index contributed by atoms with van der Waals surface area (Å²) in [5.74, 6) is 5.71. The van der Waals surface area contributed by atoms with Crippen LogP contribution in [0.15, 0.2) is 24.5 Å². The van der Waals surface area contributed by atoms with Gasteiger partial charge in [0.2, 0.25) is 0 Å². The van der Waals surface area contributed by atoms with Gasteiger partial charge in [-0.2, -0.15) is 0 Å². The fourth-order valence-corrected chi connectivity index (χ4v) is 2.18. The molecule has 0 fully saturated rings. The highest BCUT2D eigenvalue weighted by atomic mass is 15.2. The van der Waals surface area contributed by atoms with Gasteiger partial charge in [0.05, 0.1) is 23.6 Å². The molecule has 100 valence electrons. The summed E-state index contributed by atoms with van der Waals surface area (Å²) < 4.78 is 0. The van der Waals surface area contributed by atoms with Gasteiger partial charge < -0.3 is 0 Å². The van der Waals surface area contributed by atoms with E-state index in [2.05, 4.69) is 48.3 Å². The predicted molar refractivity (Wildman–Crippen MR) is 76.6 cm³/mol. The van der Waals surface area contributed by atoms with E-state index in [1.165, 1.54) is 16.7 Å². The highest BCUT2D eigenvalue weighted by molar-refractivity contribution is 5.40. The molecular formula is C15H20N4. The van der Waals surface area contributed by atoms with Gasteiger partial charge in [-0.25, -0.2) is 5.43 Å². The monoisotopic (exact) mass is 256 g/mol. The standard InChI is InChI=1S/C15H20N4/c1-9-5-11(3)13(6-10(9)2)15(19-16)14-8-17-12(4)7-18-14/h5-8,15,19H,16H2,1-4H3. The summed E-state index contributed by atoms with van der Waals surface area (Å²) in [6, 6.07) is 4.21. The number of rotatable bonds is 3. The number of nitrogens with one attached hydrogen (secondary N) is 1. The zero-order chi connectivity index (χ0) is 14.0. The highest BCUT2D eigenvalue weighted by Gasteiger charge is 2.17. The van der Waals surface area contributed by atoms with E-state index in [0.29, 0.717) is 0 Å². The summed E-state index contributed by atoms with van der Waals surface area (Å²) >= 11 is 0. The van der Waals surface area contributed by atoms with Crippen LogP contribution in [-0.4, -0.2) is 9.97 Å². The number of aromatic nitrogens is 2. The van der Waals surface area contributed by atoms with E-state index in [1.54, 1.807) is 12.4 Å². The Labute approximate surface area is 114 Å². The molecule has 0 aliphatic rings. The Morgan fingerprint density at radius 1 is 0.947 bits per heavy atom. The lowest BCUT2D eigenvalue weighted by atomic mass is 9.94. The molecule has 0 aliphatic carbocycles. The minimum Gasteiger partial charge on any atom is -0.271 e. The van der Waals surface area contributed by atoms with Crippen molar-refractivity contribution in [3.63, 3.8) is 0 Å². The number of hydrogen-bond donors (Lipinski definition) is 2. The third kappa shape index (κ3) is 2.80. The molecule has 19 heavy (non-hydrogen) atoms. The lowest BCUT2D eigenvalue weighted by Gasteiger charge is -2.19. The van der Waals surface area contributed by atoms with Crippen molar-refractivity contribution in [1.29, 1.82) is 0 Å². The lowest BCUT2D eigenvalue weighted by Crippen LogP contribution is -2.30. The van der Waals surface area contributed by atoms with Crippen molar-refractivity contribution in [1.82, 2.24) is 15.4 Å². The topological polar surface area (TPSA) is 63.8 Å². The number of nitrogens with two attached hydrogens (primary N) is 1. The second-order valence-corrected chi connectivity index (χ2v) is 4.98. The summed E-state index contributed by atoms with van der Waals surface area (Å²) in [6.45, 7) is 8.23. The molecule has 0 saturated heterocycles. The highest BCUT2D eigenvalue weighted by Crippen LogP contribution is 2.25. The van der Waals surface area contributed by atoms with Crippen LogP contribution in [0, 0.1) is 27.7 Å². The third-order valence-electron chi connectivity index (χ3n) is 3.46. The Balaban J connectivity index is 2.47. The fourth-order valence-electron chi connectivity index (χ4n) is 2.18. The number of nitrogens with zero attached hydrogens (tertiary/aromatic N) is 2. The van der Waals surface area contributed by atoms with E-state index in [1.807, 2.05) is 6.92 Å². The molecule has 1 aromatic heterocycles. The zero-order valence-corrected chi connectivity index (χ0v) is 11.9. The number of aryl methyl sites for hydroxylation is 4. The molecule has 3 N–H and O–H groups in total. The third-order valence-corrected chi connectivity index (χ3v) is 3.46. The van der Waals surface area contributed by atoms with Crippen molar-refractivity contribution < 1.29 is 0 Å². The van der Waals surface area contributed by atoms with Gasteiger partial charge in [0.25, 0.3) is 0 Å². The van der Waals surface area contributed by atoms with E-state index < -0.39 is 0 Å². The summed E-state index contributed by atoms with van der Waals surface area (Å²) in [6.07, 6.45) is 3.53. The smallest absolute Gasteiger partial charge is 0.0899 e. The first-order chi connectivity index (χ1) is 9.02. The molecule has 1 atom stereocenters. The Hall–Kier alpha value is -1.78. The first-order valence-corrected chi connectivity index (χ1v) is 6.35. The number of hydrazine groups is 1. The van der Waals surface area contributed by atoms with E-state index in [0.717, 1.165) is 17.0 Å². The summed E-state index contributed by atoms with van der Waals surface area (Å²) in [4.78, 5) is 8.70. The van der Waals surface area contributed by atoms with Crippen molar-refractivity contribution in [3.8, 4) is 0 Å². The minimum absolute atomic E-state index is 0.132. The van der Waals surface area contributed by atoms with Crippen molar-refractivity contribution in [2.75, 3.05) is 0 Å². The second-order valence-electron chi connectivity index (χ2n) is 4.98. The summed E-state index contributed by atoms with van der Waals surface area (Å²) in [5.41, 5.74) is 9.45.